The SMILES string of the molecule is NOC(C(O)CO)C(O)C(O)C=O. The summed E-state index contributed by atoms with van der Waals surface area (Å²) in [5.41, 5.74) is 0. The second-order valence-electron chi connectivity index (χ2n) is 2.47. The highest BCUT2D eigenvalue weighted by molar-refractivity contribution is 5.56. The highest BCUT2D eigenvalue weighted by Gasteiger charge is 2.32. The van der Waals surface area contributed by atoms with E-state index in [-0.39, 0.29) is 6.29 Å². The van der Waals surface area contributed by atoms with Crippen molar-refractivity contribution in [3.8, 4) is 0 Å². The zero-order valence-electron chi connectivity index (χ0n) is 6.78. The Kier molecular flexibility index (Phi) is 5.71. The fourth-order valence-electron chi connectivity index (χ4n) is 0.778. The molecule has 6 N–H and O–H groups in total. The third-order valence-electron chi connectivity index (χ3n) is 1.55. The highest BCUT2D eigenvalue weighted by atomic mass is 16.6. The van der Waals surface area contributed by atoms with Crippen molar-refractivity contribution in [2.75, 3.05) is 6.61 Å². The van der Waals surface area contributed by atoms with E-state index in [9.17, 15) is 4.79 Å². The summed E-state index contributed by atoms with van der Waals surface area (Å²) in [6, 6.07) is 0. The van der Waals surface area contributed by atoms with Gasteiger partial charge in [0.15, 0.2) is 6.29 Å². The number of carbonyl (C=O) groups excluding carboxylic acids is 1. The molecule has 0 aromatic heterocycles. The van der Waals surface area contributed by atoms with Crippen molar-refractivity contribution < 1.29 is 30.1 Å². The van der Waals surface area contributed by atoms with Crippen molar-refractivity contribution in [2.24, 2.45) is 5.90 Å². The Hall–Kier alpha value is -0.570. The minimum Gasteiger partial charge on any atom is -0.394 e. The van der Waals surface area contributed by atoms with E-state index in [4.69, 9.17) is 20.4 Å². The van der Waals surface area contributed by atoms with Crippen LogP contribution in [0.3, 0.4) is 0 Å². The molecule has 0 rings (SSSR count). The van der Waals surface area contributed by atoms with E-state index in [0.717, 1.165) is 0 Å². The van der Waals surface area contributed by atoms with E-state index < -0.39 is 31.0 Å². The summed E-state index contributed by atoms with van der Waals surface area (Å²) < 4.78 is 0. The Morgan fingerprint density at radius 1 is 1.38 bits per heavy atom. The molecule has 0 heterocycles. The van der Waals surface area contributed by atoms with E-state index in [1.54, 1.807) is 0 Å². The van der Waals surface area contributed by atoms with Crippen molar-refractivity contribution in [3.63, 3.8) is 0 Å². The Morgan fingerprint density at radius 3 is 2.23 bits per heavy atom. The molecule has 13 heavy (non-hydrogen) atoms. The molecule has 0 saturated heterocycles. The number of hydrogen-bond donors (Lipinski definition) is 5. The van der Waals surface area contributed by atoms with Gasteiger partial charge in [-0.1, -0.05) is 0 Å². The van der Waals surface area contributed by atoms with Crippen LogP contribution in [-0.4, -0.2) is 57.7 Å². The van der Waals surface area contributed by atoms with Gasteiger partial charge in [-0.15, -0.1) is 0 Å². The molecular formula is C6H13NO6. The zero-order valence-corrected chi connectivity index (χ0v) is 6.78. The van der Waals surface area contributed by atoms with Crippen molar-refractivity contribution in [1.29, 1.82) is 0 Å². The highest BCUT2D eigenvalue weighted by Crippen LogP contribution is 2.06. The first kappa shape index (κ1) is 12.4. The van der Waals surface area contributed by atoms with Gasteiger partial charge < -0.3 is 25.2 Å². The average molecular weight is 195 g/mol. The molecule has 0 amide bonds. The van der Waals surface area contributed by atoms with Crippen LogP contribution < -0.4 is 5.90 Å². The Labute approximate surface area is 74.3 Å². The van der Waals surface area contributed by atoms with Gasteiger partial charge in [0.2, 0.25) is 0 Å². The van der Waals surface area contributed by atoms with Gasteiger partial charge in [-0.3, -0.25) is 4.84 Å². The summed E-state index contributed by atoms with van der Waals surface area (Å²) in [6.07, 6.45) is -6.19. The third-order valence-corrected chi connectivity index (χ3v) is 1.55. The van der Waals surface area contributed by atoms with Crippen LogP contribution in [0.2, 0.25) is 0 Å². The molecule has 0 aromatic rings. The maximum atomic E-state index is 10.0. The standard InChI is InChI=1S/C6H13NO6/c7-13-6(4(11)2-9)5(12)3(10)1-8/h1,3-6,9-12H,2,7H2. The monoisotopic (exact) mass is 195 g/mol. The summed E-state index contributed by atoms with van der Waals surface area (Å²) in [5.74, 6) is 4.68. The lowest BCUT2D eigenvalue weighted by atomic mass is 10.0. The van der Waals surface area contributed by atoms with Crippen molar-refractivity contribution in [2.45, 2.75) is 24.4 Å². The minimum absolute atomic E-state index is 0.0702. The third kappa shape index (κ3) is 3.35. The molecule has 0 aliphatic rings. The summed E-state index contributed by atoms with van der Waals surface area (Å²) in [6.45, 7) is -0.704. The lowest BCUT2D eigenvalue weighted by molar-refractivity contribution is -0.151. The average Bonchev–Trinajstić information content (AvgIpc) is 2.17. The van der Waals surface area contributed by atoms with Crippen molar-refractivity contribution in [3.05, 3.63) is 0 Å². The van der Waals surface area contributed by atoms with Crippen LogP contribution in [-0.2, 0) is 9.63 Å². The molecule has 7 heteroatoms. The molecule has 0 fully saturated rings. The summed E-state index contributed by atoms with van der Waals surface area (Å²) in [5, 5.41) is 35.4. The minimum atomic E-state index is -1.71. The maximum absolute atomic E-state index is 10.0. The first-order valence-electron chi connectivity index (χ1n) is 3.54. The van der Waals surface area contributed by atoms with Crippen LogP contribution in [0.4, 0.5) is 0 Å². The molecule has 0 aliphatic carbocycles. The molecule has 0 spiro atoms. The number of nitrogens with two attached hydrogens (primary N) is 1. The van der Waals surface area contributed by atoms with Gasteiger partial charge >= 0.3 is 0 Å². The predicted octanol–water partition coefficient (Wildman–Crippen LogP) is -3.48. The topological polar surface area (TPSA) is 133 Å². The molecule has 0 aliphatic heterocycles. The molecular weight excluding hydrogens is 182 g/mol. The molecule has 0 aromatic carbocycles. The largest absolute Gasteiger partial charge is 0.394 e. The van der Waals surface area contributed by atoms with Crippen LogP contribution in [0.5, 0.6) is 0 Å². The smallest absolute Gasteiger partial charge is 0.151 e. The molecule has 78 valence electrons. The predicted molar refractivity (Wildman–Crippen MR) is 40.2 cm³/mol. The number of aldehydes is 1. The van der Waals surface area contributed by atoms with Crippen LogP contribution in [0.25, 0.3) is 0 Å². The molecule has 0 radical (unpaired) electrons. The van der Waals surface area contributed by atoms with Gasteiger partial charge in [0, 0.05) is 0 Å². The molecule has 4 unspecified atom stereocenters. The van der Waals surface area contributed by atoms with Crippen LogP contribution in [0, 0.1) is 0 Å². The summed E-state index contributed by atoms with van der Waals surface area (Å²) >= 11 is 0. The molecule has 4 atom stereocenters. The Morgan fingerprint density at radius 2 is 1.92 bits per heavy atom. The van der Waals surface area contributed by atoms with Gasteiger partial charge in [-0.2, -0.15) is 0 Å². The van der Waals surface area contributed by atoms with E-state index in [1.807, 2.05) is 0 Å². The molecule has 0 bridgehead atoms. The Bertz CT molecular complexity index is 154. The first-order valence-corrected chi connectivity index (χ1v) is 3.54. The first-order chi connectivity index (χ1) is 6.08. The van der Waals surface area contributed by atoms with Crippen LogP contribution in [0.15, 0.2) is 0 Å². The van der Waals surface area contributed by atoms with Gasteiger partial charge in [0.25, 0.3) is 0 Å². The Balaban J connectivity index is 4.29. The quantitative estimate of drug-likeness (QED) is 0.219. The molecule has 7 nitrogen and oxygen atoms in total. The number of aliphatic hydroxyl groups excluding tert-OH is 4. The number of aliphatic hydroxyl groups is 4. The van der Waals surface area contributed by atoms with Gasteiger partial charge in [0.05, 0.1) is 6.61 Å². The maximum Gasteiger partial charge on any atom is 0.151 e. The lowest BCUT2D eigenvalue weighted by Crippen LogP contribution is -2.49. The summed E-state index contributed by atoms with van der Waals surface area (Å²) in [7, 11) is 0. The van der Waals surface area contributed by atoms with Crippen molar-refractivity contribution in [1.82, 2.24) is 0 Å². The normalized spacial score (nSPS) is 20.4. The molecule has 0 saturated carbocycles. The van der Waals surface area contributed by atoms with E-state index in [1.165, 1.54) is 0 Å². The van der Waals surface area contributed by atoms with Crippen LogP contribution in [0.1, 0.15) is 0 Å². The van der Waals surface area contributed by atoms with E-state index in [2.05, 4.69) is 10.7 Å². The van der Waals surface area contributed by atoms with Crippen LogP contribution >= 0.6 is 0 Å². The number of carbonyl (C=O) groups is 1. The lowest BCUT2D eigenvalue weighted by Gasteiger charge is -2.25. The zero-order chi connectivity index (χ0) is 10.4. The van der Waals surface area contributed by atoms with E-state index >= 15 is 0 Å². The fourth-order valence-corrected chi connectivity index (χ4v) is 0.778. The number of hydrogen-bond acceptors (Lipinski definition) is 7. The fraction of sp³-hybridized carbons (Fsp3) is 0.833. The second kappa shape index (κ2) is 5.97. The van der Waals surface area contributed by atoms with Crippen molar-refractivity contribution >= 4 is 6.29 Å². The van der Waals surface area contributed by atoms with E-state index in [0.29, 0.717) is 0 Å². The second-order valence-corrected chi connectivity index (χ2v) is 2.47. The number of rotatable bonds is 6. The van der Waals surface area contributed by atoms with Gasteiger partial charge in [-0.25, -0.2) is 5.90 Å². The van der Waals surface area contributed by atoms with Gasteiger partial charge in [-0.05, 0) is 0 Å². The van der Waals surface area contributed by atoms with Gasteiger partial charge in [0.1, 0.15) is 24.4 Å². The summed E-state index contributed by atoms with van der Waals surface area (Å²) in [4.78, 5) is 14.1.